The Hall–Kier alpha value is -2.83. The molecule has 2 heterocycles. The number of pyridine rings is 1. The average molecular weight is 393 g/mol. The highest BCUT2D eigenvalue weighted by Crippen LogP contribution is 2.19. The van der Waals surface area contributed by atoms with E-state index in [9.17, 15) is 9.90 Å². The predicted molar refractivity (Wildman–Crippen MR) is 116 cm³/mol. The van der Waals surface area contributed by atoms with Crippen LogP contribution in [0.2, 0.25) is 0 Å². The van der Waals surface area contributed by atoms with E-state index in [0.717, 1.165) is 37.1 Å². The molecule has 3 aromatic rings. The number of hydrogen-bond acceptors (Lipinski definition) is 5. The van der Waals surface area contributed by atoms with E-state index in [1.165, 1.54) is 17.3 Å². The molecule has 1 saturated heterocycles. The summed E-state index contributed by atoms with van der Waals surface area (Å²) in [6.07, 6.45) is -0.549. The summed E-state index contributed by atoms with van der Waals surface area (Å²) in [6, 6.07) is 17.4. The van der Waals surface area contributed by atoms with Crippen LogP contribution in [-0.4, -0.2) is 60.4 Å². The summed E-state index contributed by atoms with van der Waals surface area (Å²) in [4.78, 5) is 18.8. The van der Waals surface area contributed by atoms with E-state index in [1.807, 2.05) is 18.2 Å². The van der Waals surface area contributed by atoms with Gasteiger partial charge in [-0.15, -0.1) is 0 Å². The number of nitrogens with one attached hydrogen (secondary N) is 1. The molecule has 2 N–H and O–H groups in total. The third-order valence-corrected chi connectivity index (χ3v) is 5.35. The van der Waals surface area contributed by atoms with Gasteiger partial charge in [0.1, 0.15) is 18.5 Å². The zero-order valence-corrected chi connectivity index (χ0v) is 16.7. The highest BCUT2D eigenvalue weighted by Gasteiger charge is 2.20. The standard InChI is InChI=1S/C23H27N3O3/c1-17-3-2-4-19(13-17)26-11-9-25(10-12-26)15-20(27)16-29-21-6-7-22-18(14-21)5-8-23(28)24-22/h2-8,13-14,20,27H,9-12,15-16H2,1H3,(H,24,28)/t20-/m0/s1. The van der Waals surface area contributed by atoms with Gasteiger partial charge in [0.15, 0.2) is 0 Å². The van der Waals surface area contributed by atoms with Gasteiger partial charge < -0.3 is 19.7 Å². The molecule has 1 fully saturated rings. The van der Waals surface area contributed by atoms with E-state index >= 15 is 0 Å². The molecule has 0 bridgehead atoms. The number of β-amino-alcohol motifs (C(OH)–C–C–N with tert-alkyl or cyclic N) is 1. The van der Waals surface area contributed by atoms with Gasteiger partial charge >= 0.3 is 0 Å². The van der Waals surface area contributed by atoms with Crippen LogP contribution in [0.25, 0.3) is 10.9 Å². The first-order chi connectivity index (χ1) is 14.1. The molecule has 0 amide bonds. The molecule has 4 rings (SSSR count). The molecule has 6 heteroatoms. The highest BCUT2D eigenvalue weighted by atomic mass is 16.5. The van der Waals surface area contributed by atoms with Crippen molar-refractivity contribution in [2.75, 3.05) is 44.2 Å². The molecule has 1 aliphatic heterocycles. The predicted octanol–water partition coefficient (Wildman–Crippen LogP) is 2.40. The van der Waals surface area contributed by atoms with E-state index in [-0.39, 0.29) is 12.2 Å². The lowest BCUT2D eigenvalue weighted by Crippen LogP contribution is -2.49. The van der Waals surface area contributed by atoms with Crippen molar-refractivity contribution < 1.29 is 9.84 Å². The Morgan fingerprint density at radius 3 is 2.69 bits per heavy atom. The Kier molecular flexibility index (Phi) is 5.83. The summed E-state index contributed by atoms with van der Waals surface area (Å²) in [6.45, 7) is 6.73. The number of aliphatic hydroxyl groups is 1. The minimum Gasteiger partial charge on any atom is -0.491 e. The summed E-state index contributed by atoms with van der Waals surface area (Å²) >= 11 is 0. The summed E-state index contributed by atoms with van der Waals surface area (Å²) in [7, 11) is 0. The minimum absolute atomic E-state index is 0.121. The summed E-state index contributed by atoms with van der Waals surface area (Å²) in [5.41, 5.74) is 3.20. The van der Waals surface area contributed by atoms with Gasteiger partial charge in [-0.1, -0.05) is 12.1 Å². The maximum Gasteiger partial charge on any atom is 0.248 e. The van der Waals surface area contributed by atoms with E-state index in [1.54, 1.807) is 6.07 Å². The molecular weight excluding hydrogens is 366 g/mol. The van der Waals surface area contributed by atoms with Crippen molar-refractivity contribution in [2.45, 2.75) is 13.0 Å². The van der Waals surface area contributed by atoms with Gasteiger partial charge in [0.25, 0.3) is 0 Å². The number of aliphatic hydroxyl groups excluding tert-OH is 1. The van der Waals surface area contributed by atoms with Gasteiger partial charge in [-0.05, 0) is 48.9 Å². The van der Waals surface area contributed by atoms with Crippen LogP contribution < -0.4 is 15.2 Å². The molecule has 1 atom stereocenters. The third kappa shape index (κ3) is 4.96. The van der Waals surface area contributed by atoms with Crippen LogP contribution in [0, 0.1) is 6.92 Å². The molecule has 152 valence electrons. The molecule has 1 aromatic heterocycles. The number of H-pyrrole nitrogens is 1. The van der Waals surface area contributed by atoms with Gasteiger partial charge in [0.2, 0.25) is 5.56 Å². The van der Waals surface area contributed by atoms with Crippen LogP contribution in [0.4, 0.5) is 5.69 Å². The largest absolute Gasteiger partial charge is 0.491 e. The number of piperazine rings is 1. The molecule has 0 radical (unpaired) electrons. The zero-order valence-electron chi connectivity index (χ0n) is 16.7. The fourth-order valence-corrected chi connectivity index (χ4v) is 3.78. The first-order valence-corrected chi connectivity index (χ1v) is 10.0. The first-order valence-electron chi connectivity index (χ1n) is 10.0. The van der Waals surface area contributed by atoms with Crippen LogP contribution in [0.1, 0.15) is 5.56 Å². The fraction of sp³-hybridized carbons (Fsp3) is 0.348. The van der Waals surface area contributed by atoms with Crippen LogP contribution in [0.5, 0.6) is 5.75 Å². The van der Waals surface area contributed by atoms with Gasteiger partial charge in [0, 0.05) is 55.4 Å². The number of ether oxygens (including phenoxy) is 1. The zero-order chi connectivity index (χ0) is 20.2. The van der Waals surface area contributed by atoms with E-state index in [4.69, 9.17) is 4.74 Å². The van der Waals surface area contributed by atoms with Crippen LogP contribution >= 0.6 is 0 Å². The Balaban J connectivity index is 1.25. The Morgan fingerprint density at radius 2 is 1.90 bits per heavy atom. The quantitative estimate of drug-likeness (QED) is 0.673. The lowest BCUT2D eigenvalue weighted by atomic mass is 10.2. The van der Waals surface area contributed by atoms with Crippen molar-refractivity contribution in [1.82, 2.24) is 9.88 Å². The first kappa shape index (κ1) is 19.5. The Morgan fingerprint density at radius 1 is 1.07 bits per heavy atom. The lowest BCUT2D eigenvalue weighted by molar-refractivity contribution is 0.0663. The topological polar surface area (TPSA) is 68.8 Å². The number of rotatable bonds is 6. The van der Waals surface area contributed by atoms with Gasteiger partial charge in [-0.2, -0.15) is 0 Å². The number of anilines is 1. The molecule has 0 spiro atoms. The molecule has 2 aromatic carbocycles. The van der Waals surface area contributed by atoms with Crippen molar-refractivity contribution in [2.24, 2.45) is 0 Å². The maximum absolute atomic E-state index is 11.4. The molecule has 6 nitrogen and oxygen atoms in total. The van der Waals surface area contributed by atoms with Gasteiger partial charge in [-0.25, -0.2) is 0 Å². The van der Waals surface area contributed by atoms with Crippen LogP contribution in [-0.2, 0) is 0 Å². The summed E-state index contributed by atoms with van der Waals surface area (Å²) in [5.74, 6) is 0.688. The molecule has 1 aliphatic rings. The van der Waals surface area contributed by atoms with E-state index < -0.39 is 6.10 Å². The molecule has 0 unspecified atom stereocenters. The maximum atomic E-state index is 11.4. The van der Waals surface area contributed by atoms with Gasteiger partial charge in [-0.3, -0.25) is 9.69 Å². The van der Waals surface area contributed by atoms with Crippen molar-refractivity contribution in [3.8, 4) is 5.75 Å². The second-order valence-electron chi connectivity index (χ2n) is 7.66. The normalized spacial score (nSPS) is 16.1. The van der Waals surface area contributed by atoms with Crippen molar-refractivity contribution in [3.63, 3.8) is 0 Å². The molecular formula is C23H27N3O3. The number of aromatic amines is 1. The smallest absolute Gasteiger partial charge is 0.248 e. The highest BCUT2D eigenvalue weighted by molar-refractivity contribution is 5.79. The number of fused-ring (bicyclic) bond motifs is 1. The number of nitrogens with zero attached hydrogens (tertiary/aromatic N) is 2. The van der Waals surface area contributed by atoms with Crippen LogP contribution in [0.3, 0.4) is 0 Å². The lowest BCUT2D eigenvalue weighted by Gasteiger charge is -2.37. The number of aryl methyl sites for hydroxylation is 1. The summed E-state index contributed by atoms with van der Waals surface area (Å²) in [5, 5.41) is 11.3. The third-order valence-electron chi connectivity index (χ3n) is 5.35. The Bertz CT molecular complexity index is 1030. The van der Waals surface area contributed by atoms with Gasteiger partial charge in [0.05, 0.1) is 0 Å². The number of hydrogen-bond donors (Lipinski definition) is 2. The number of aromatic nitrogens is 1. The fourth-order valence-electron chi connectivity index (χ4n) is 3.78. The number of benzene rings is 2. The summed E-state index contributed by atoms with van der Waals surface area (Å²) < 4.78 is 5.77. The Labute approximate surface area is 170 Å². The second-order valence-corrected chi connectivity index (χ2v) is 7.66. The van der Waals surface area contributed by atoms with E-state index in [2.05, 4.69) is 46.0 Å². The second kappa shape index (κ2) is 8.68. The van der Waals surface area contributed by atoms with Crippen molar-refractivity contribution in [3.05, 3.63) is 70.5 Å². The minimum atomic E-state index is -0.549. The molecule has 0 saturated carbocycles. The average Bonchev–Trinajstić information content (AvgIpc) is 2.73. The van der Waals surface area contributed by atoms with Crippen LogP contribution in [0.15, 0.2) is 59.4 Å². The SMILES string of the molecule is Cc1cccc(N2CCN(C[C@H](O)COc3ccc4[nH]c(=O)ccc4c3)CC2)c1. The van der Waals surface area contributed by atoms with Crippen molar-refractivity contribution >= 4 is 16.6 Å². The van der Waals surface area contributed by atoms with Crippen molar-refractivity contribution in [1.29, 1.82) is 0 Å². The molecule has 29 heavy (non-hydrogen) atoms. The molecule has 0 aliphatic carbocycles. The van der Waals surface area contributed by atoms with E-state index in [0.29, 0.717) is 12.3 Å². The monoisotopic (exact) mass is 393 g/mol.